The lowest BCUT2D eigenvalue weighted by molar-refractivity contribution is 0.0518. The molecule has 0 bridgehead atoms. The molecule has 0 aliphatic carbocycles. The van der Waals surface area contributed by atoms with E-state index in [-0.39, 0.29) is 12.5 Å². The molecule has 0 fully saturated rings. The summed E-state index contributed by atoms with van der Waals surface area (Å²) in [6.07, 6.45) is 2.66. The van der Waals surface area contributed by atoms with Gasteiger partial charge in [0.15, 0.2) is 0 Å². The second-order valence-electron chi connectivity index (χ2n) is 4.66. The highest BCUT2D eigenvalue weighted by molar-refractivity contribution is 7.97. The van der Waals surface area contributed by atoms with Crippen LogP contribution >= 0.6 is 11.8 Å². The zero-order chi connectivity index (χ0) is 13.6. The molecule has 1 unspecified atom stereocenters. The molecule has 1 atom stereocenters. The van der Waals surface area contributed by atoms with E-state index in [2.05, 4.69) is 5.32 Å². The van der Waals surface area contributed by atoms with Crippen molar-refractivity contribution < 1.29 is 9.90 Å². The van der Waals surface area contributed by atoms with E-state index in [0.717, 1.165) is 5.75 Å². The Hall–Kier alpha value is -1.00. The number of benzene rings is 1. The first-order chi connectivity index (χ1) is 8.48. The molecule has 0 aliphatic heterocycles. The molecule has 0 spiro atoms. The number of amides is 1. The molecule has 1 aromatic carbocycles. The summed E-state index contributed by atoms with van der Waals surface area (Å²) in [6.45, 7) is 3.88. The third-order valence-corrected chi connectivity index (χ3v) is 3.54. The van der Waals surface area contributed by atoms with Crippen LogP contribution in [0.15, 0.2) is 24.3 Å². The molecule has 4 heteroatoms. The first-order valence-electron chi connectivity index (χ1n) is 6.07. The Morgan fingerprint density at radius 2 is 2.00 bits per heavy atom. The smallest absolute Gasteiger partial charge is 0.251 e. The van der Waals surface area contributed by atoms with Crippen molar-refractivity contribution in [1.29, 1.82) is 0 Å². The highest BCUT2D eigenvalue weighted by Gasteiger charge is 2.18. The van der Waals surface area contributed by atoms with Crippen LogP contribution < -0.4 is 5.32 Å². The van der Waals surface area contributed by atoms with Gasteiger partial charge in [0.2, 0.25) is 0 Å². The van der Waals surface area contributed by atoms with Gasteiger partial charge in [-0.1, -0.05) is 19.1 Å². The Kier molecular flexibility index (Phi) is 5.69. The summed E-state index contributed by atoms with van der Waals surface area (Å²) >= 11 is 1.75. The summed E-state index contributed by atoms with van der Waals surface area (Å²) in [5.74, 6) is 0.811. The lowest BCUT2D eigenvalue weighted by Gasteiger charge is -2.21. The molecule has 0 saturated carbocycles. The van der Waals surface area contributed by atoms with Crippen LogP contribution in [-0.2, 0) is 5.75 Å². The summed E-state index contributed by atoms with van der Waals surface area (Å²) in [5.41, 5.74) is 1.00. The van der Waals surface area contributed by atoms with E-state index in [0.29, 0.717) is 12.0 Å². The van der Waals surface area contributed by atoms with Crippen molar-refractivity contribution in [1.82, 2.24) is 5.32 Å². The summed E-state index contributed by atoms with van der Waals surface area (Å²) in [6, 6.07) is 7.57. The molecular weight excluding hydrogens is 246 g/mol. The highest BCUT2D eigenvalue weighted by Crippen LogP contribution is 2.11. The highest BCUT2D eigenvalue weighted by atomic mass is 32.2. The maximum Gasteiger partial charge on any atom is 0.251 e. The number of hydrogen-bond acceptors (Lipinski definition) is 3. The van der Waals surface area contributed by atoms with E-state index in [1.54, 1.807) is 18.7 Å². The molecule has 1 rings (SSSR count). The van der Waals surface area contributed by atoms with Crippen molar-refractivity contribution in [3.05, 3.63) is 35.4 Å². The van der Waals surface area contributed by atoms with Crippen molar-refractivity contribution in [2.45, 2.75) is 31.6 Å². The van der Waals surface area contributed by atoms with Crippen LogP contribution in [0.4, 0.5) is 0 Å². The molecule has 0 heterocycles. The molecule has 0 saturated heterocycles. The van der Waals surface area contributed by atoms with Gasteiger partial charge in [0.05, 0.1) is 5.60 Å². The van der Waals surface area contributed by atoms with E-state index in [9.17, 15) is 9.90 Å². The maximum absolute atomic E-state index is 11.8. The number of thioether (sulfide) groups is 1. The standard InChI is InChI=1S/C14H21NO2S/c1-4-14(2,17)10-15-13(16)12-7-5-11(6-8-12)9-18-3/h5-8,17H,4,9-10H2,1-3H3,(H,15,16). The van der Waals surface area contributed by atoms with Gasteiger partial charge in [0.1, 0.15) is 0 Å². The van der Waals surface area contributed by atoms with Gasteiger partial charge in [-0.2, -0.15) is 11.8 Å². The van der Waals surface area contributed by atoms with Crippen molar-refractivity contribution in [2.75, 3.05) is 12.8 Å². The summed E-state index contributed by atoms with van der Waals surface area (Å²) in [7, 11) is 0. The van der Waals surface area contributed by atoms with Crippen molar-refractivity contribution in [3.63, 3.8) is 0 Å². The zero-order valence-corrected chi connectivity index (χ0v) is 12.0. The van der Waals surface area contributed by atoms with Gasteiger partial charge in [0.25, 0.3) is 5.91 Å². The second kappa shape index (κ2) is 6.81. The molecule has 1 aromatic rings. The second-order valence-corrected chi connectivity index (χ2v) is 5.53. The molecular formula is C14H21NO2S. The van der Waals surface area contributed by atoms with Crippen molar-refractivity contribution in [3.8, 4) is 0 Å². The third kappa shape index (κ3) is 4.70. The number of carbonyl (C=O) groups is 1. The quantitative estimate of drug-likeness (QED) is 0.832. The van der Waals surface area contributed by atoms with Crippen LogP contribution in [0, 0.1) is 0 Å². The molecule has 0 aliphatic rings. The molecule has 100 valence electrons. The van der Waals surface area contributed by atoms with Gasteiger partial charge < -0.3 is 10.4 Å². The van der Waals surface area contributed by atoms with Crippen LogP contribution in [0.3, 0.4) is 0 Å². The van der Waals surface area contributed by atoms with Crippen molar-refractivity contribution in [2.24, 2.45) is 0 Å². The maximum atomic E-state index is 11.8. The van der Waals surface area contributed by atoms with Gasteiger partial charge in [-0.05, 0) is 37.3 Å². The fourth-order valence-electron chi connectivity index (χ4n) is 1.42. The van der Waals surface area contributed by atoms with Crippen LogP contribution in [0.1, 0.15) is 36.2 Å². The molecule has 2 N–H and O–H groups in total. The lowest BCUT2D eigenvalue weighted by Crippen LogP contribution is -2.40. The Morgan fingerprint density at radius 1 is 1.39 bits per heavy atom. The Morgan fingerprint density at radius 3 is 2.50 bits per heavy atom. The summed E-state index contributed by atoms with van der Waals surface area (Å²) in [4.78, 5) is 11.8. The third-order valence-electron chi connectivity index (χ3n) is 2.92. The first-order valence-corrected chi connectivity index (χ1v) is 7.46. The van der Waals surface area contributed by atoms with E-state index in [1.807, 2.05) is 37.4 Å². The fourth-order valence-corrected chi connectivity index (χ4v) is 1.94. The number of aliphatic hydroxyl groups is 1. The normalized spacial score (nSPS) is 14.0. The minimum Gasteiger partial charge on any atom is -0.388 e. The molecule has 0 aromatic heterocycles. The average molecular weight is 267 g/mol. The largest absolute Gasteiger partial charge is 0.388 e. The Balaban J connectivity index is 2.56. The van der Waals surface area contributed by atoms with Gasteiger partial charge in [-0.25, -0.2) is 0 Å². The van der Waals surface area contributed by atoms with Crippen LogP contribution in [0.2, 0.25) is 0 Å². The Bertz CT molecular complexity index is 387. The Labute approximate surface area is 113 Å². The topological polar surface area (TPSA) is 49.3 Å². The fraction of sp³-hybridized carbons (Fsp3) is 0.500. The van der Waals surface area contributed by atoms with Gasteiger partial charge in [0, 0.05) is 17.9 Å². The zero-order valence-electron chi connectivity index (χ0n) is 11.2. The van der Waals surface area contributed by atoms with E-state index in [4.69, 9.17) is 0 Å². The predicted molar refractivity (Wildman–Crippen MR) is 76.9 cm³/mol. The SMILES string of the molecule is CCC(C)(O)CNC(=O)c1ccc(CSC)cc1. The monoisotopic (exact) mass is 267 g/mol. The number of rotatable bonds is 6. The minimum absolute atomic E-state index is 0.139. The van der Waals surface area contributed by atoms with Gasteiger partial charge in [-0.15, -0.1) is 0 Å². The lowest BCUT2D eigenvalue weighted by atomic mass is 10.0. The summed E-state index contributed by atoms with van der Waals surface area (Å²) in [5, 5.41) is 12.6. The molecule has 3 nitrogen and oxygen atoms in total. The van der Waals surface area contributed by atoms with Gasteiger partial charge in [-0.3, -0.25) is 4.79 Å². The number of hydrogen-bond donors (Lipinski definition) is 2. The van der Waals surface area contributed by atoms with E-state index >= 15 is 0 Å². The van der Waals surface area contributed by atoms with E-state index in [1.165, 1.54) is 5.56 Å². The molecule has 0 radical (unpaired) electrons. The van der Waals surface area contributed by atoms with Gasteiger partial charge >= 0.3 is 0 Å². The average Bonchev–Trinajstić information content (AvgIpc) is 2.37. The number of carbonyl (C=O) groups excluding carboxylic acids is 1. The minimum atomic E-state index is -0.839. The summed E-state index contributed by atoms with van der Waals surface area (Å²) < 4.78 is 0. The van der Waals surface area contributed by atoms with Crippen LogP contribution in [0.25, 0.3) is 0 Å². The van der Waals surface area contributed by atoms with Crippen LogP contribution in [0.5, 0.6) is 0 Å². The first kappa shape index (κ1) is 15.1. The number of nitrogens with one attached hydrogen (secondary N) is 1. The molecule has 1 amide bonds. The van der Waals surface area contributed by atoms with Crippen molar-refractivity contribution >= 4 is 17.7 Å². The molecule has 18 heavy (non-hydrogen) atoms. The van der Waals surface area contributed by atoms with Crippen LogP contribution in [-0.4, -0.2) is 29.4 Å². The van der Waals surface area contributed by atoms with E-state index < -0.39 is 5.60 Å². The predicted octanol–water partition coefficient (Wildman–Crippen LogP) is 2.44.